The monoisotopic (exact) mass is 221 g/mol. The molecule has 1 aromatic heterocycles. The summed E-state index contributed by atoms with van der Waals surface area (Å²) in [6, 6.07) is 3.71. The van der Waals surface area contributed by atoms with Crippen LogP contribution in [0.5, 0.6) is 5.75 Å². The lowest BCUT2D eigenvalue weighted by Crippen LogP contribution is -2.45. The third-order valence-corrected chi connectivity index (χ3v) is 2.65. The lowest BCUT2D eigenvalue weighted by atomic mass is 10.1. The summed E-state index contributed by atoms with van der Waals surface area (Å²) >= 11 is 0. The van der Waals surface area contributed by atoms with Gasteiger partial charge in [0.05, 0.1) is 11.9 Å². The van der Waals surface area contributed by atoms with E-state index in [0.717, 1.165) is 12.1 Å². The fourth-order valence-electron chi connectivity index (χ4n) is 1.68. The summed E-state index contributed by atoms with van der Waals surface area (Å²) in [5.41, 5.74) is 0.884. The quantitative estimate of drug-likeness (QED) is 0.679. The van der Waals surface area contributed by atoms with E-state index in [0.29, 0.717) is 25.6 Å². The fourth-order valence-corrected chi connectivity index (χ4v) is 1.68. The van der Waals surface area contributed by atoms with Gasteiger partial charge in [0.1, 0.15) is 5.75 Å². The highest BCUT2D eigenvalue weighted by Crippen LogP contribution is 2.07. The van der Waals surface area contributed by atoms with Gasteiger partial charge >= 0.3 is 0 Å². The van der Waals surface area contributed by atoms with Crippen molar-refractivity contribution < 1.29 is 9.90 Å². The molecule has 0 aromatic carbocycles. The van der Waals surface area contributed by atoms with Crippen molar-refractivity contribution in [3.63, 3.8) is 0 Å². The Balaban J connectivity index is 1.79. The van der Waals surface area contributed by atoms with E-state index in [9.17, 15) is 4.79 Å². The molecule has 0 radical (unpaired) electrons. The predicted molar refractivity (Wildman–Crippen MR) is 58.8 cm³/mol. The van der Waals surface area contributed by atoms with Crippen LogP contribution in [0.15, 0.2) is 18.3 Å². The molecule has 1 amide bonds. The molecule has 2 rings (SSSR count). The molecule has 3 N–H and O–H groups in total. The standard InChI is InChI=1S/C11H15N3O2/c15-10-3-1-8(13-7-10)5-12-9-2-4-11(16)14-6-9/h1,3,7,9,12,15H,2,4-6H2,(H,14,16). The fraction of sp³-hybridized carbons (Fsp3) is 0.455. The summed E-state index contributed by atoms with van der Waals surface area (Å²) < 4.78 is 0. The summed E-state index contributed by atoms with van der Waals surface area (Å²) in [4.78, 5) is 15.0. The Hall–Kier alpha value is -1.62. The van der Waals surface area contributed by atoms with Gasteiger partial charge in [-0.05, 0) is 18.6 Å². The Morgan fingerprint density at radius 2 is 2.44 bits per heavy atom. The number of hydrogen-bond acceptors (Lipinski definition) is 4. The molecular weight excluding hydrogens is 206 g/mol. The minimum atomic E-state index is 0.126. The number of hydrogen-bond donors (Lipinski definition) is 3. The number of rotatable bonds is 3. The highest BCUT2D eigenvalue weighted by molar-refractivity contribution is 5.76. The molecule has 1 unspecified atom stereocenters. The van der Waals surface area contributed by atoms with E-state index in [2.05, 4.69) is 15.6 Å². The van der Waals surface area contributed by atoms with Crippen molar-refractivity contribution in [1.29, 1.82) is 0 Å². The van der Waals surface area contributed by atoms with Gasteiger partial charge < -0.3 is 15.7 Å². The van der Waals surface area contributed by atoms with Gasteiger partial charge in [-0.3, -0.25) is 9.78 Å². The molecule has 1 aromatic rings. The third-order valence-electron chi connectivity index (χ3n) is 2.65. The van der Waals surface area contributed by atoms with Crippen LogP contribution in [-0.4, -0.2) is 28.6 Å². The van der Waals surface area contributed by atoms with Crippen molar-refractivity contribution >= 4 is 5.91 Å². The van der Waals surface area contributed by atoms with Gasteiger partial charge in [-0.1, -0.05) is 0 Å². The molecule has 1 fully saturated rings. The Morgan fingerprint density at radius 1 is 1.56 bits per heavy atom. The predicted octanol–water partition coefficient (Wildman–Crippen LogP) is 0.155. The van der Waals surface area contributed by atoms with Gasteiger partial charge in [-0.15, -0.1) is 0 Å². The Bertz CT molecular complexity index is 354. The average molecular weight is 221 g/mol. The highest BCUT2D eigenvalue weighted by atomic mass is 16.3. The summed E-state index contributed by atoms with van der Waals surface area (Å²) in [6.45, 7) is 1.33. The lowest BCUT2D eigenvalue weighted by molar-refractivity contribution is -0.122. The van der Waals surface area contributed by atoms with Gasteiger partial charge in [-0.25, -0.2) is 0 Å². The number of piperidine rings is 1. The van der Waals surface area contributed by atoms with Crippen LogP contribution >= 0.6 is 0 Å². The lowest BCUT2D eigenvalue weighted by Gasteiger charge is -2.23. The van der Waals surface area contributed by atoms with E-state index in [1.165, 1.54) is 6.20 Å². The minimum Gasteiger partial charge on any atom is -0.506 e. The molecule has 1 atom stereocenters. The van der Waals surface area contributed by atoms with Crippen LogP contribution in [0.1, 0.15) is 18.5 Å². The number of aromatic nitrogens is 1. The van der Waals surface area contributed by atoms with E-state index < -0.39 is 0 Å². The SMILES string of the molecule is O=C1CCC(NCc2ccc(O)cn2)CN1. The summed E-state index contributed by atoms with van der Waals surface area (Å²) in [5.74, 6) is 0.300. The van der Waals surface area contributed by atoms with Gasteiger partial charge in [0.2, 0.25) is 5.91 Å². The van der Waals surface area contributed by atoms with E-state index in [-0.39, 0.29) is 11.7 Å². The molecule has 0 saturated carbocycles. The van der Waals surface area contributed by atoms with Gasteiger partial charge in [-0.2, -0.15) is 0 Å². The van der Waals surface area contributed by atoms with Crippen molar-refractivity contribution in [2.75, 3.05) is 6.54 Å². The maximum atomic E-state index is 10.9. The second-order valence-electron chi connectivity index (χ2n) is 3.93. The topological polar surface area (TPSA) is 74.2 Å². The number of pyridine rings is 1. The van der Waals surface area contributed by atoms with Gasteiger partial charge in [0.25, 0.3) is 0 Å². The molecule has 86 valence electrons. The van der Waals surface area contributed by atoms with E-state index in [1.807, 2.05) is 0 Å². The Labute approximate surface area is 93.9 Å². The van der Waals surface area contributed by atoms with E-state index >= 15 is 0 Å². The zero-order valence-corrected chi connectivity index (χ0v) is 8.94. The summed E-state index contributed by atoms with van der Waals surface area (Å²) in [6.07, 6.45) is 2.88. The van der Waals surface area contributed by atoms with Crippen molar-refractivity contribution in [2.24, 2.45) is 0 Å². The number of amides is 1. The van der Waals surface area contributed by atoms with Crippen LogP contribution < -0.4 is 10.6 Å². The normalized spacial score (nSPS) is 20.5. The minimum absolute atomic E-state index is 0.126. The van der Waals surface area contributed by atoms with Crippen molar-refractivity contribution in [2.45, 2.75) is 25.4 Å². The number of nitrogens with one attached hydrogen (secondary N) is 2. The zero-order valence-electron chi connectivity index (χ0n) is 8.94. The molecule has 1 aliphatic rings. The smallest absolute Gasteiger partial charge is 0.220 e. The molecule has 2 heterocycles. The Morgan fingerprint density at radius 3 is 3.06 bits per heavy atom. The number of carbonyl (C=O) groups excluding carboxylic acids is 1. The molecule has 0 spiro atoms. The first kappa shape index (κ1) is 10.9. The number of aromatic hydroxyl groups is 1. The molecule has 16 heavy (non-hydrogen) atoms. The van der Waals surface area contributed by atoms with Crippen LogP contribution in [-0.2, 0) is 11.3 Å². The van der Waals surface area contributed by atoms with Crippen LogP contribution in [0.4, 0.5) is 0 Å². The van der Waals surface area contributed by atoms with Gasteiger partial charge in [0.15, 0.2) is 0 Å². The molecule has 1 saturated heterocycles. The van der Waals surface area contributed by atoms with Crippen molar-refractivity contribution in [1.82, 2.24) is 15.6 Å². The van der Waals surface area contributed by atoms with E-state index in [4.69, 9.17) is 5.11 Å². The molecular formula is C11H15N3O2. The summed E-state index contributed by atoms with van der Waals surface area (Å²) in [5, 5.41) is 15.2. The molecule has 5 nitrogen and oxygen atoms in total. The van der Waals surface area contributed by atoms with Crippen molar-refractivity contribution in [3.05, 3.63) is 24.0 Å². The largest absolute Gasteiger partial charge is 0.506 e. The summed E-state index contributed by atoms with van der Waals surface area (Å²) in [7, 11) is 0. The second-order valence-corrected chi connectivity index (χ2v) is 3.93. The number of carbonyl (C=O) groups is 1. The second kappa shape index (κ2) is 4.94. The average Bonchev–Trinajstić information content (AvgIpc) is 2.30. The first-order valence-corrected chi connectivity index (χ1v) is 5.38. The Kier molecular flexibility index (Phi) is 3.36. The van der Waals surface area contributed by atoms with E-state index in [1.54, 1.807) is 12.1 Å². The maximum Gasteiger partial charge on any atom is 0.220 e. The highest BCUT2D eigenvalue weighted by Gasteiger charge is 2.16. The van der Waals surface area contributed by atoms with Crippen LogP contribution in [0.2, 0.25) is 0 Å². The van der Waals surface area contributed by atoms with Crippen molar-refractivity contribution in [3.8, 4) is 5.75 Å². The zero-order chi connectivity index (χ0) is 11.4. The molecule has 0 bridgehead atoms. The maximum absolute atomic E-state index is 10.9. The third kappa shape index (κ3) is 2.93. The van der Waals surface area contributed by atoms with Gasteiger partial charge in [0, 0.05) is 25.6 Å². The van der Waals surface area contributed by atoms with Crippen LogP contribution in [0.3, 0.4) is 0 Å². The first-order chi connectivity index (χ1) is 7.74. The van der Waals surface area contributed by atoms with Crippen LogP contribution in [0, 0.1) is 0 Å². The molecule has 0 aliphatic carbocycles. The first-order valence-electron chi connectivity index (χ1n) is 5.38. The molecule has 5 heteroatoms. The molecule has 1 aliphatic heterocycles. The van der Waals surface area contributed by atoms with Crippen LogP contribution in [0.25, 0.3) is 0 Å². The number of nitrogens with zero attached hydrogens (tertiary/aromatic N) is 1.